The average molecular weight is 458 g/mol. The molecule has 5 rings (SSSR count). The molecular weight excluding hydrogens is 430 g/mol. The van der Waals surface area contributed by atoms with Crippen LogP contribution in [-0.4, -0.2) is 34.4 Å². The molecule has 0 bridgehead atoms. The number of rotatable bonds is 5. The number of nitrogens with one attached hydrogen (secondary N) is 1. The van der Waals surface area contributed by atoms with E-state index in [0.717, 1.165) is 58.0 Å². The molecule has 0 saturated heterocycles. The van der Waals surface area contributed by atoms with Crippen molar-refractivity contribution in [1.29, 1.82) is 0 Å². The molecule has 0 saturated carbocycles. The Hall–Kier alpha value is -3.29. The molecule has 4 aromatic rings. The van der Waals surface area contributed by atoms with Gasteiger partial charge >= 0.3 is 0 Å². The van der Waals surface area contributed by atoms with E-state index in [1.54, 1.807) is 17.4 Å². The summed E-state index contributed by atoms with van der Waals surface area (Å²) in [5.74, 6) is 1.18. The molecule has 1 aliphatic heterocycles. The Morgan fingerprint density at radius 2 is 1.97 bits per heavy atom. The molecule has 7 heteroatoms. The Kier molecular flexibility index (Phi) is 5.83. The lowest BCUT2D eigenvalue weighted by Gasteiger charge is -2.18. The summed E-state index contributed by atoms with van der Waals surface area (Å²) in [7, 11) is 2.14. The van der Waals surface area contributed by atoms with Crippen molar-refractivity contribution in [1.82, 2.24) is 14.9 Å². The number of carbonyl (C=O) groups is 1. The van der Waals surface area contributed by atoms with Gasteiger partial charge in [-0.25, -0.2) is 9.97 Å². The number of anilines is 1. The second kappa shape index (κ2) is 8.92. The van der Waals surface area contributed by atoms with Gasteiger partial charge in [0.2, 0.25) is 5.91 Å². The number of fused-ring (bicyclic) bond motifs is 2. The molecule has 0 aliphatic carbocycles. The number of hydrogen-bond acceptors (Lipinski definition) is 6. The molecule has 0 atom stereocenters. The van der Waals surface area contributed by atoms with Gasteiger partial charge in [-0.3, -0.25) is 4.79 Å². The Bertz CT molecular complexity index is 1330. The number of benzene rings is 2. The largest absolute Gasteiger partial charge is 0.366 e. The van der Waals surface area contributed by atoms with E-state index in [1.165, 1.54) is 11.1 Å². The van der Waals surface area contributed by atoms with Crippen molar-refractivity contribution in [2.75, 3.05) is 18.9 Å². The molecule has 1 amide bonds. The van der Waals surface area contributed by atoms with Crippen molar-refractivity contribution in [3.8, 4) is 11.4 Å². The van der Waals surface area contributed by atoms with Gasteiger partial charge in [0.1, 0.15) is 5.82 Å². The molecule has 2 aromatic carbocycles. The van der Waals surface area contributed by atoms with Crippen molar-refractivity contribution in [2.45, 2.75) is 32.9 Å². The zero-order chi connectivity index (χ0) is 22.9. The highest BCUT2D eigenvalue weighted by atomic mass is 32.1. The van der Waals surface area contributed by atoms with Gasteiger partial charge in [0.25, 0.3) is 0 Å². The van der Waals surface area contributed by atoms with E-state index in [4.69, 9.17) is 15.7 Å². The summed E-state index contributed by atoms with van der Waals surface area (Å²) in [5, 5.41) is 4.57. The minimum atomic E-state index is -0.412. The second-order valence-electron chi connectivity index (χ2n) is 8.58. The van der Waals surface area contributed by atoms with Crippen LogP contribution in [0.5, 0.6) is 0 Å². The number of carbonyl (C=O) groups excluding carboxylic acids is 1. The van der Waals surface area contributed by atoms with Crippen molar-refractivity contribution < 1.29 is 4.79 Å². The van der Waals surface area contributed by atoms with Crippen LogP contribution in [0.15, 0.2) is 48.5 Å². The van der Waals surface area contributed by atoms with E-state index >= 15 is 0 Å². The minimum absolute atomic E-state index is 0.412. The predicted molar refractivity (Wildman–Crippen MR) is 135 cm³/mol. The number of aryl methyl sites for hydroxylation is 2. The highest BCUT2D eigenvalue weighted by Crippen LogP contribution is 2.39. The fraction of sp³-hybridized carbons (Fsp3) is 0.269. The maximum absolute atomic E-state index is 12.0. The minimum Gasteiger partial charge on any atom is -0.366 e. The summed E-state index contributed by atoms with van der Waals surface area (Å²) in [6.07, 6.45) is 1.98. The van der Waals surface area contributed by atoms with Crippen LogP contribution in [0, 0.1) is 6.92 Å². The summed E-state index contributed by atoms with van der Waals surface area (Å²) in [6.45, 7) is 4.61. The highest BCUT2D eigenvalue weighted by molar-refractivity contribution is 7.20. The van der Waals surface area contributed by atoms with Crippen LogP contribution < -0.4 is 11.1 Å². The second-order valence-corrected chi connectivity index (χ2v) is 9.81. The van der Waals surface area contributed by atoms with Crippen molar-refractivity contribution in [2.24, 2.45) is 5.73 Å². The molecule has 168 valence electrons. The van der Waals surface area contributed by atoms with Gasteiger partial charge in [-0.15, -0.1) is 11.3 Å². The number of nitrogens with zero attached hydrogens (tertiary/aromatic N) is 3. The number of thiophene rings is 1. The summed E-state index contributed by atoms with van der Waals surface area (Å²) >= 11 is 1.58. The monoisotopic (exact) mass is 457 g/mol. The summed E-state index contributed by atoms with van der Waals surface area (Å²) in [4.78, 5) is 25.5. The van der Waals surface area contributed by atoms with E-state index in [1.807, 2.05) is 30.3 Å². The first-order chi connectivity index (χ1) is 16.0. The van der Waals surface area contributed by atoms with Crippen LogP contribution >= 0.6 is 11.3 Å². The molecule has 0 spiro atoms. The van der Waals surface area contributed by atoms with Crippen LogP contribution in [0.2, 0.25) is 0 Å². The third kappa shape index (κ3) is 4.21. The van der Waals surface area contributed by atoms with Crippen LogP contribution in [-0.2, 0) is 19.5 Å². The zero-order valence-corrected chi connectivity index (χ0v) is 19.7. The predicted octanol–water partition coefficient (Wildman–Crippen LogP) is 4.76. The third-order valence-corrected chi connectivity index (χ3v) is 7.31. The number of aromatic nitrogens is 2. The van der Waals surface area contributed by atoms with Crippen LogP contribution in [0.1, 0.15) is 38.5 Å². The summed E-state index contributed by atoms with van der Waals surface area (Å²) < 4.78 is 0.898. The maximum atomic E-state index is 12.0. The molecule has 6 nitrogen and oxygen atoms in total. The number of primary amides is 1. The van der Waals surface area contributed by atoms with E-state index < -0.39 is 5.91 Å². The van der Waals surface area contributed by atoms with Gasteiger partial charge in [-0.2, -0.15) is 0 Å². The van der Waals surface area contributed by atoms with Gasteiger partial charge in [0, 0.05) is 39.2 Å². The molecule has 0 radical (unpaired) electrons. The molecule has 33 heavy (non-hydrogen) atoms. The number of amides is 1. The van der Waals surface area contributed by atoms with Gasteiger partial charge in [0.15, 0.2) is 5.82 Å². The first-order valence-electron chi connectivity index (χ1n) is 11.2. The lowest BCUT2D eigenvalue weighted by Crippen LogP contribution is -2.19. The SMILES string of the molecule is Cc1sc2c(C(N)=O)cccc2c1-c1nc2c(c(NCc3ccccc3)n1)CN(C)CCC2. The molecule has 3 N–H and O–H groups in total. The van der Waals surface area contributed by atoms with Crippen LogP contribution in [0.4, 0.5) is 5.82 Å². The van der Waals surface area contributed by atoms with Crippen molar-refractivity contribution >= 4 is 33.1 Å². The molecule has 3 heterocycles. The third-order valence-electron chi connectivity index (χ3n) is 6.16. The Balaban J connectivity index is 1.64. The standard InChI is InChI=1S/C26H27N5OS/c1-16-22(18-10-6-11-19(24(27)32)23(18)33-16)26-29-21-12-7-13-31(2)15-20(21)25(30-26)28-14-17-8-4-3-5-9-17/h3-6,8-11H,7,12-15H2,1-2H3,(H2,27,32)(H,28,29,30). The Labute approximate surface area is 197 Å². The Morgan fingerprint density at radius 3 is 2.76 bits per heavy atom. The highest BCUT2D eigenvalue weighted by Gasteiger charge is 2.23. The van der Waals surface area contributed by atoms with E-state index in [2.05, 4.69) is 36.3 Å². The molecule has 0 unspecified atom stereocenters. The quantitative estimate of drug-likeness (QED) is 0.452. The first kappa shape index (κ1) is 21.6. The van der Waals surface area contributed by atoms with Gasteiger partial charge in [-0.05, 0) is 45.0 Å². The van der Waals surface area contributed by atoms with Crippen LogP contribution in [0.3, 0.4) is 0 Å². The smallest absolute Gasteiger partial charge is 0.250 e. The molecule has 2 aromatic heterocycles. The summed E-state index contributed by atoms with van der Waals surface area (Å²) in [6, 6.07) is 16.0. The number of hydrogen-bond donors (Lipinski definition) is 2. The summed E-state index contributed by atoms with van der Waals surface area (Å²) in [5.41, 5.74) is 10.7. The fourth-order valence-corrected chi connectivity index (χ4v) is 5.69. The number of nitrogens with two attached hydrogens (primary N) is 1. The first-order valence-corrected chi connectivity index (χ1v) is 12.0. The molecular formula is C26H27N5OS. The van der Waals surface area contributed by atoms with E-state index in [-0.39, 0.29) is 0 Å². The molecule has 1 aliphatic rings. The lowest BCUT2D eigenvalue weighted by atomic mass is 10.1. The molecule has 0 fully saturated rings. The normalized spacial score (nSPS) is 14.1. The topological polar surface area (TPSA) is 84.1 Å². The van der Waals surface area contributed by atoms with Crippen LogP contribution in [0.25, 0.3) is 21.5 Å². The van der Waals surface area contributed by atoms with E-state index in [0.29, 0.717) is 17.9 Å². The maximum Gasteiger partial charge on any atom is 0.250 e. The van der Waals surface area contributed by atoms with Crippen molar-refractivity contribution in [3.63, 3.8) is 0 Å². The Morgan fingerprint density at radius 1 is 1.15 bits per heavy atom. The zero-order valence-electron chi connectivity index (χ0n) is 18.9. The lowest BCUT2D eigenvalue weighted by molar-refractivity contribution is 0.100. The van der Waals surface area contributed by atoms with Crippen molar-refractivity contribution in [3.05, 3.63) is 75.8 Å². The average Bonchev–Trinajstić information content (AvgIpc) is 3.02. The van der Waals surface area contributed by atoms with Gasteiger partial charge in [-0.1, -0.05) is 42.5 Å². The fourth-order valence-electron chi connectivity index (χ4n) is 4.52. The van der Waals surface area contributed by atoms with E-state index in [9.17, 15) is 4.79 Å². The van der Waals surface area contributed by atoms with Gasteiger partial charge < -0.3 is 16.0 Å². The van der Waals surface area contributed by atoms with Gasteiger partial charge in [0.05, 0.1) is 11.3 Å².